The van der Waals surface area contributed by atoms with Crippen LogP contribution in [0.25, 0.3) is 0 Å². The molecule has 1 rings (SSSR count). The largest absolute Gasteiger partial charge is 0.327 e. The summed E-state index contributed by atoms with van der Waals surface area (Å²) in [7, 11) is 1.81. The van der Waals surface area contributed by atoms with Gasteiger partial charge in [0.25, 0.3) is 0 Å². The van der Waals surface area contributed by atoms with Gasteiger partial charge >= 0.3 is 0 Å². The number of ketones is 1. The van der Waals surface area contributed by atoms with Gasteiger partial charge in [-0.1, -0.05) is 6.92 Å². The van der Waals surface area contributed by atoms with Crippen molar-refractivity contribution in [3.63, 3.8) is 0 Å². The number of carbonyl (C=O) groups is 1. The molecule has 78 valence electrons. The number of carbonyl (C=O) groups excluding carboxylic acids is 1. The van der Waals surface area contributed by atoms with E-state index in [0.717, 1.165) is 5.69 Å². The number of aromatic nitrogens is 2. The first-order valence-electron chi connectivity index (χ1n) is 4.73. The van der Waals surface area contributed by atoms with Crippen LogP contribution in [0.1, 0.15) is 29.9 Å². The predicted octanol–water partition coefficient (Wildman–Crippen LogP) is 0.895. The molecule has 2 unspecified atom stereocenters. The van der Waals surface area contributed by atoms with Crippen LogP contribution >= 0.6 is 0 Å². The number of aryl methyl sites for hydroxylation is 2. The lowest BCUT2D eigenvalue weighted by atomic mass is 9.94. The molecule has 0 aromatic carbocycles. The molecule has 0 aliphatic carbocycles. The van der Waals surface area contributed by atoms with Crippen LogP contribution in [-0.2, 0) is 7.05 Å². The smallest absolute Gasteiger partial charge is 0.170 e. The van der Waals surface area contributed by atoms with Gasteiger partial charge in [0.15, 0.2) is 5.78 Å². The van der Waals surface area contributed by atoms with Crippen LogP contribution in [0.4, 0.5) is 0 Å². The maximum Gasteiger partial charge on any atom is 0.170 e. The van der Waals surface area contributed by atoms with E-state index in [9.17, 15) is 4.79 Å². The minimum absolute atomic E-state index is 0.0746. The second kappa shape index (κ2) is 3.92. The molecule has 0 amide bonds. The predicted molar refractivity (Wildman–Crippen MR) is 55.1 cm³/mol. The quantitative estimate of drug-likeness (QED) is 0.729. The Balaban J connectivity index is 2.95. The van der Waals surface area contributed by atoms with Gasteiger partial charge in [0.2, 0.25) is 0 Å². The van der Waals surface area contributed by atoms with Crippen LogP contribution in [0.5, 0.6) is 0 Å². The van der Waals surface area contributed by atoms with Gasteiger partial charge in [0, 0.05) is 25.2 Å². The Kier molecular flexibility index (Phi) is 3.06. The summed E-state index contributed by atoms with van der Waals surface area (Å²) in [6.45, 7) is 5.52. The molecule has 4 heteroatoms. The Labute approximate surface area is 84.1 Å². The Hall–Kier alpha value is -1.16. The molecule has 0 saturated heterocycles. The van der Waals surface area contributed by atoms with Gasteiger partial charge < -0.3 is 5.73 Å². The van der Waals surface area contributed by atoms with Gasteiger partial charge in [-0.25, -0.2) is 0 Å². The summed E-state index contributed by atoms with van der Waals surface area (Å²) in [5.41, 5.74) is 7.13. The topological polar surface area (TPSA) is 60.9 Å². The lowest BCUT2D eigenvalue weighted by molar-refractivity contribution is 0.0916. The van der Waals surface area contributed by atoms with E-state index in [4.69, 9.17) is 5.73 Å². The van der Waals surface area contributed by atoms with Crippen molar-refractivity contribution in [2.24, 2.45) is 18.7 Å². The summed E-state index contributed by atoms with van der Waals surface area (Å²) in [6, 6.07) is -0.123. The van der Waals surface area contributed by atoms with E-state index in [1.165, 1.54) is 0 Å². The molecule has 0 spiro atoms. The zero-order chi connectivity index (χ0) is 10.9. The molecular weight excluding hydrogens is 178 g/mol. The number of rotatable bonds is 3. The maximum atomic E-state index is 11.9. The molecule has 0 aliphatic heterocycles. The number of Topliss-reactive ketones (excluding diaryl/α,β-unsaturated/α-hetero) is 1. The highest BCUT2D eigenvalue weighted by Crippen LogP contribution is 2.13. The first-order chi connectivity index (χ1) is 6.43. The summed E-state index contributed by atoms with van der Waals surface area (Å²) in [4.78, 5) is 11.9. The molecule has 0 fully saturated rings. The molecule has 0 saturated carbocycles. The molecule has 1 aromatic heterocycles. The fraction of sp³-hybridized carbons (Fsp3) is 0.600. The van der Waals surface area contributed by atoms with Crippen LogP contribution in [0.15, 0.2) is 6.20 Å². The summed E-state index contributed by atoms with van der Waals surface area (Å²) in [5, 5.41) is 4.13. The fourth-order valence-corrected chi connectivity index (χ4v) is 1.33. The van der Waals surface area contributed by atoms with E-state index in [1.54, 1.807) is 17.9 Å². The Morgan fingerprint density at radius 2 is 2.14 bits per heavy atom. The SMILES string of the molecule is Cc1nn(C)cc1C(=O)C(C)C(C)N. The lowest BCUT2D eigenvalue weighted by Gasteiger charge is -2.13. The molecule has 0 radical (unpaired) electrons. The van der Waals surface area contributed by atoms with Gasteiger partial charge in [-0.15, -0.1) is 0 Å². The number of hydrogen-bond donors (Lipinski definition) is 1. The first-order valence-corrected chi connectivity index (χ1v) is 4.73. The van der Waals surface area contributed by atoms with E-state index in [0.29, 0.717) is 5.56 Å². The molecule has 1 heterocycles. The van der Waals surface area contributed by atoms with Crippen molar-refractivity contribution in [3.8, 4) is 0 Å². The lowest BCUT2D eigenvalue weighted by Crippen LogP contribution is -2.30. The minimum Gasteiger partial charge on any atom is -0.327 e. The third-order valence-electron chi connectivity index (χ3n) is 2.48. The van der Waals surface area contributed by atoms with Crippen molar-refractivity contribution in [2.45, 2.75) is 26.8 Å². The molecule has 0 bridgehead atoms. The van der Waals surface area contributed by atoms with Crippen molar-refractivity contribution >= 4 is 5.78 Å². The van der Waals surface area contributed by atoms with E-state index < -0.39 is 0 Å². The normalized spacial score (nSPS) is 15.2. The van der Waals surface area contributed by atoms with Gasteiger partial charge in [0.05, 0.1) is 11.3 Å². The highest BCUT2D eigenvalue weighted by molar-refractivity contribution is 5.98. The average Bonchev–Trinajstić information content (AvgIpc) is 2.42. The molecule has 2 atom stereocenters. The maximum absolute atomic E-state index is 11.9. The summed E-state index contributed by atoms with van der Waals surface area (Å²) < 4.78 is 1.65. The molecule has 2 N–H and O–H groups in total. The molecule has 0 aliphatic rings. The zero-order valence-electron chi connectivity index (χ0n) is 9.11. The van der Waals surface area contributed by atoms with Crippen LogP contribution in [-0.4, -0.2) is 21.6 Å². The molecule has 14 heavy (non-hydrogen) atoms. The zero-order valence-corrected chi connectivity index (χ0v) is 9.11. The second-order valence-corrected chi connectivity index (χ2v) is 3.81. The number of nitrogens with two attached hydrogens (primary N) is 1. The second-order valence-electron chi connectivity index (χ2n) is 3.81. The Morgan fingerprint density at radius 1 is 1.57 bits per heavy atom. The average molecular weight is 195 g/mol. The summed E-state index contributed by atoms with van der Waals surface area (Å²) in [6.07, 6.45) is 1.75. The number of nitrogens with zero attached hydrogens (tertiary/aromatic N) is 2. The Bertz CT molecular complexity index is 341. The van der Waals surface area contributed by atoms with Crippen molar-refractivity contribution in [1.82, 2.24) is 9.78 Å². The van der Waals surface area contributed by atoms with E-state index in [1.807, 2.05) is 20.8 Å². The van der Waals surface area contributed by atoms with Gasteiger partial charge in [0.1, 0.15) is 0 Å². The van der Waals surface area contributed by atoms with Gasteiger partial charge in [-0.2, -0.15) is 5.10 Å². The Morgan fingerprint density at radius 3 is 2.50 bits per heavy atom. The van der Waals surface area contributed by atoms with E-state index in [-0.39, 0.29) is 17.7 Å². The number of hydrogen-bond acceptors (Lipinski definition) is 3. The van der Waals surface area contributed by atoms with Crippen LogP contribution in [0, 0.1) is 12.8 Å². The minimum atomic E-state index is -0.155. The van der Waals surface area contributed by atoms with Crippen molar-refractivity contribution in [2.75, 3.05) is 0 Å². The van der Waals surface area contributed by atoms with Crippen molar-refractivity contribution < 1.29 is 4.79 Å². The molecular formula is C10H17N3O. The van der Waals surface area contributed by atoms with E-state index in [2.05, 4.69) is 5.10 Å². The monoisotopic (exact) mass is 195 g/mol. The highest BCUT2D eigenvalue weighted by Gasteiger charge is 2.21. The van der Waals surface area contributed by atoms with Crippen LogP contribution in [0.3, 0.4) is 0 Å². The third kappa shape index (κ3) is 2.01. The first kappa shape index (κ1) is 10.9. The highest BCUT2D eigenvalue weighted by atomic mass is 16.1. The van der Waals surface area contributed by atoms with Gasteiger partial charge in [-0.3, -0.25) is 9.48 Å². The van der Waals surface area contributed by atoms with Crippen LogP contribution < -0.4 is 5.73 Å². The standard InChI is InChI=1S/C10H17N3O/c1-6(7(2)11)10(14)9-5-13(4)12-8(9)3/h5-7H,11H2,1-4H3. The van der Waals surface area contributed by atoms with Crippen LogP contribution in [0.2, 0.25) is 0 Å². The summed E-state index contributed by atoms with van der Waals surface area (Å²) >= 11 is 0. The van der Waals surface area contributed by atoms with Gasteiger partial charge in [-0.05, 0) is 13.8 Å². The third-order valence-corrected chi connectivity index (χ3v) is 2.48. The molecule has 1 aromatic rings. The van der Waals surface area contributed by atoms with Crippen molar-refractivity contribution in [3.05, 3.63) is 17.5 Å². The fourth-order valence-electron chi connectivity index (χ4n) is 1.33. The van der Waals surface area contributed by atoms with E-state index >= 15 is 0 Å². The summed E-state index contributed by atoms with van der Waals surface area (Å²) in [5.74, 6) is -0.0801. The molecule has 4 nitrogen and oxygen atoms in total. The van der Waals surface area contributed by atoms with Crippen molar-refractivity contribution in [1.29, 1.82) is 0 Å².